The van der Waals surface area contributed by atoms with Crippen molar-refractivity contribution in [1.82, 2.24) is 14.5 Å². The zero-order chi connectivity index (χ0) is 19.5. The smallest absolute Gasteiger partial charge is 0.224 e. The molecule has 0 aliphatic heterocycles. The molecule has 0 amide bonds. The van der Waals surface area contributed by atoms with Crippen LogP contribution >= 0.6 is 0 Å². The van der Waals surface area contributed by atoms with E-state index in [0.717, 1.165) is 48.8 Å². The third kappa shape index (κ3) is 3.73. The Morgan fingerprint density at radius 1 is 1.14 bits per heavy atom. The summed E-state index contributed by atoms with van der Waals surface area (Å²) in [5, 5.41) is 4.16. The fourth-order valence-corrected chi connectivity index (χ4v) is 4.02. The topological polar surface area (TPSA) is 42.7 Å². The van der Waals surface area contributed by atoms with Crippen LogP contribution in [0.15, 0.2) is 30.6 Å². The first-order valence-corrected chi connectivity index (χ1v) is 10.2. The Morgan fingerprint density at radius 3 is 2.71 bits per heavy atom. The summed E-state index contributed by atoms with van der Waals surface area (Å²) in [5.74, 6) is -1.05. The number of fused-ring (bicyclic) bond motifs is 1. The summed E-state index contributed by atoms with van der Waals surface area (Å²) in [4.78, 5) is 9.24. The van der Waals surface area contributed by atoms with Crippen molar-refractivity contribution in [1.29, 1.82) is 0 Å². The normalized spacial score (nSPS) is 15.2. The maximum Gasteiger partial charge on any atom is 0.224 e. The van der Waals surface area contributed by atoms with Crippen molar-refractivity contribution >= 4 is 17.0 Å². The van der Waals surface area contributed by atoms with E-state index in [1.807, 2.05) is 6.20 Å². The predicted octanol–water partition coefficient (Wildman–Crippen LogP) is 6.09. The van der Waals surface area contributed by atoms with Gasteiger partial charge in [0.15, 0.2) is 11.6 Å². The van der Waals surface area contributed by atoms with Crippen LogP contribution in [0.25, 0.3) is 22.2 Å². The molecule has 148 valence electrons. The van der Waals surface area contributed by atoms with Gasteiger partial charge in [-0.2, -0.15) is 4.98 Å². The first-order chi connectivity index (χ1) is 13.7. The summed E-state index contributed by atoms with van der Waals surface area (Å²) >= 11 is 0. The van der Waals surface area contributed by atoms with Gasteiger partial charge in [0.1, 0.15) is 5.65 Å². The number of benzene rings is 1. The molecule has 0 spiro atoms. The van der Waals surface area contributed by atoms with Crippen molar-refractivity contribution in [3.05, 3.63) is 42.2 Å². The minimum absolute atomic E-state index is 0.383. The van der Waals surface area contributed by atoms with Gasteiger partial charge >= 0.3 is 0 Å². The molecule has 28 heavy (non-hydrogen) atoms. The lowest BCUT2D eigenvalue weighted by atomic mass is 9.95. The van der Waals surface area contributed by atoms with Crippen LogP contribution in [-0.4, -0.2) is 21.1 Å². The average Bonchev–Trinajstić information content (AvgIpc) is 3.10. The summed E-state index contributed by atoms with van der Waals surface area (Å²) in [7, 11) is 0. The number of nitrogens with zero attached hydrogens (tertiary/aromatic N) is 3. The van der Waals surface area contributed by atoms with Crippen LogP contribution in [0.1, 0.15) is 57.9 Å². The molecule has 1 fully saturated rings. The summed E-state index contributed by atoms with van der Waals surface area (Å²) in [5.41, 5.74) is 2.36. The zero-order valence-corrected chi connectivity index (χ0v) is 16.2. The molecule has 0 saturated heterocycles. The van der Waals surface area contributed by atoms with Crippen molar-refractivity contribution in [2.24, 2.45) is 0 Å². The van der Waals surface area contributed by atoms with E-state index < -0.39 is 11.6 Å². The number of unbranched alkanes of at least 4 members (excludes halogenated alkanes) is 1. The third-order valence-electron chi connectivity index (χ3n) is 5.58. The minimum atomic E-state index is -0.838. The lowest BCUT2D eigenvalue weighted by molar-refractivity contribution is 0.360. The molecule has 0 bridgehead atoms. The van der Waals surface area contributed by atoms with Crippen LogP contribution < -0.4 is 5.32 Å². The van der Waals surface area contributed by atoms with E-state index in [2.05, 4.69) is 21.8 Å². The molecule has 0 unspecified atom stereocenters. The first kappa shape index (κ1) is 18.8. The molecule has 1 saturated carbocycles. The first-order valence-electron chi connectivity index (χ1n) is 10.2. The van der Waals surface area contributed by atoms with Gasteiger partial charge in [-0.1, -0.05) is 38.7 Å². The molecule has 3 aromatic rings. The van der Waals surface area contributed by atoms with Crippen molar-refractivity contribution in [2.45, 2.75) is 57.9 Å². The fraction of sp³-hybridized carbons (Fsp3) is 0.455. The number of rotatable bonds is 6. The number of hydrogen-bond acceptors (Lipinski definition) is 3. The molecule has 2 heterocycles. The van der Waals surface area contributed by atoms with E-state index in [1.165, 1.54) is 31.4 Å². The molecule has 1 N–H and O–H groups in total. The quantitative estimate of drug-likeness (QED) is 0.523. The lowest BCUT2D eigenvalue weighted by Crippen LogP contribution is -2.13. The number of halogens is 2. The molecule has 1 aliphatic carbocycles. The Labute approximate surface area is 164 Å². The van der Waals surface area contributed by atoms with E-state index in [-0.39, 0.29) is 0 Å². The average molecular weight is 384 g/mol. The summed E-state index contributed by atoms with van der Waals surface area (Å²) < 4.78 is 29.5. The molecule has 4 rings (SSSR count). The minimum Gasteiger partial charge on any atom is -0.354 e. The van der Waals surface area contributed by atoms with Gasteiger partial charge in [-0.3, -0.25) is 0 Å². The molecule has 6 heteroatoms. The van der Waals surface area contributed by atoms with E-state index in [1.54, 1.807) is 12.3 Å². The summed E-state index contributed by atoms with van der Waals surface area (Å²) in [6.07, 6.45) is 11.9. The highest BCUT2D eigenvalue weighted by molar-refractivity contribution is 5.94. The van der Waals surface area contributed by atoms with E-state index >= 15 is 0 Å². The summed E-state index contributed by atoms with van der Waals surface area (Å²) in [6, 6.07) is 4.43. The molecular formula is C22H26F2N4. The molecule has 2 aromatic heterocycles. The fourth-order valence-electron chi connectivity index (χ4n) is 4.02. The van der Waals surface area contributed by atoms with E-state index in [0.29, 0.717) is 17.6 Å². The number of anilines is 1. The highest BCUT2D eigenvalue weighted by Gasteiger charge is 2.21. The molecule has 0 radical (unpaired) electrons. The van der Waals surface area contributed by atoms with Crippen molar-refractivity contribution in [2.75, 3.05) is 11.9 Å². The maximum absolute atomic E-state index is 13.8. The Kier molecular flexibility index (Phi) is 5.55. The van der Waals surface area contributed by atoms with Crippen LogP contribution in [-0.2, 0) is 0 Å². The van der Waals surface area contributed by atoms with Gasteiger partial charge in [-0.05, 0) is 37.0 Å². The maximum atomic E-state index is 13.8. The van der Waals surface area contributed by atoms with Gasteiger partial charge in [0.2, 0.25) is 5.95 Å². The van der Waals surface area contributed by atoms with Gasteiger partial charge in [-0.15, -0.1) is 0 Å². The van der Waals surface area contributed by atoms with Crippen LogP contribution in [0.3, 0.4) is 0 Å². The van der Waals surface area contributed by atoms with Gasteiger partial charge in [-0.25, -0.2) is 13.8 Å². The van der Waals surface area contributed by atoms with Gasteiger partial charge in [0.05, 0.1) is 0 Å². The van der Waals surface area contributed by atoms with Crippen molar-refractivity contribution < 1.29 is 8.78 Å². The van der Waals surface area contributed by atoms with E-state index in [4.69, 9.17) is 4.98 Å². The molecular weight excluding hydrogens is 358 g/mol. The second kappa shape index (κ2) is 8.25. The number of aromatic nitrogens is 3. The van der Waals surface area contributed by atoms with Gasteiger partial charge < -0.3 is 9.88 Å². The largest absolute Gasteiger partial charge is 0.354 e. The van der Waals surface area contributed by atoms with Crippen molar-refractivity contribution in [3.8, 4) is 11.1 Å². The lowest BCUT2D eigenvalue weighted by Gasteiger charge is -2.23. The summed E-state index contributed by atoms with van der Waals surface area (Å²) in [6.45, 7) is 2.98. The Morgan fingerprint density at radius 2 is 1.96 bits per heavy atom. The highest BCUT2D eigenvalue weighted by atomic mass is 19.2. The second-order valence-corrected chi connectivity index (χ2v) is 7.58. The Balaban J connectivity index is 1.79. The molecule has 1 aliphatic rings. The van der Waals surface area contributed by atoms with Crippen LogP contribution in [0.4, 0.5) is 14.7 Å². The SMILES string of the molecule is CCCCNc1ncc2c(-c3ccc(F)c(F)c3)cn(C3CCCCC3)c2n1. The predicted molar refractivity (Wildman–Crippen MR) is 108 cm³/mol. The zero-order valence-electron chi connectivity index (χ0n) is 16.2. The van der Waals surface area contributed by atoms with Crippen molar-refractivity contribution in [3.63, 3.8) is 0 Å². The highest BCUT2D eigenvalue weighted by Crippen LogP contribution is 2.36. The molecule has 0 atom stereocenters. The Hall–Kier alpha value is -2.50. The monoisotopic (exact) mass is 384 g/mol. The number of hydrogen-bond donors (Lipinski definition) is 1. The second-order valence-electron chi connectivity index (χ2n) is 7.58. The van der Waals surface area contributed by atoms with Gasteiger partial charge in [0.25, 0.3) is 0 Å². The third-order valence-corrected chi connectivity index (χ3v) is 5.58. The van der Waals surface area contributed by atoms with Crippen LogP contribution in [0.5, 0.6) is 0 Å². The van der Waals surface area contributed by atoms with Gasteiger partial charge in [0, 0.05) is 35.9 Å². The van der Waals surface area contributed by atoms with E-state index in [9.17, 15) is 8.78 Å². The molecule has 4 nitrogen and oxygen atoms in total. The van der Waals surface area contributed by atoms with Crippen LogP contribution in [0.2, 0.25) is 0 Å². The van der Waals surface area contributed by atoms with Crippen LogP contribution in [0, 0.1) is 11.6 Å². The number of nitrogens with one attached hydrogen (secondary N) is 1. The Bertz CT molecular complexity index is 961. The standard InChI is InChI=1S/C22H26F2N4/c1-2-3-11-25-22-26-13-17-18(15-9-10-19(23)20(24)12-15)14-28(21(17)27-22)16-7-5-4-6-8-16/h9-10,12-14,16H,2-8,11H2,1H3,(H,25,26,27). The molecule has 1 aromatic carbocycles.